The first-order valence-electron chi connectivity index (χ1n) is 5.26. The van der Waals surface area contributed by atoms with E-state index in [1.807, 2.05) is 19.1 Å². The second-order valence-electron chi connectivity index (χ2n) is 3.58. The first kappa shape index (κ1) is 12.7. The van der Waals surface area contributed by atoms with Gasteiger partial charge in [-0.3, -0.25) is 0 Å². The van der Waals surface area contributed by atoms with Gasteiger partial charge < -0.3 is 0 Å². The second kappa shape index (κ2) is 6.26. The highest BCUT2D eigenvalue weighted by molar-refractivity contribution is 5.73. The highest BCUT2D eigenvalue weighted by Crippen LogP contribution is 2.19. The summed E-state index contributed by atoms with van der Waals surface area (Å²) in [6, 6.07) is 6.30. The summed E-state index contributed by atoms with van der Waals surface area (Å²) in [6.45, 7) is 8.33. The van der Waals surface area contributed by atoms with Gasteiger partial charge in [-0.1, -0.05) is 36.4 Å². The highest BCUT2D eigenvalue weighted by atomic mass is 17.2. The van der Waals surface area contributed by atoms with E-state index in [4.69, 9.17) is 4.89 Å². The summed E-state index contributed by atoms with van der Waals surface area (Å²) in [5.41, 5.74) is 4.58. The summed E-state index contributed by atoms with van der Waals surface area (Å²) in [4.78, 5) is 9.54. The number of hydrogen-bond donors (Lipinski definition) is 0. The molecule has 2 nitrogen and oxygen atoms in total. The lowest BCUT2D eigenvalue weighted by atomic mass is 10.0. The van der Waals surface area contributed by atoms with Crippen LogP contribution in [0.3, 0.4) is 0 Å². The molecule has 0 aliphatic rings. The minimum Gasteiger partial charge on any atom is -0.240 e. The van der Waals surface area contributed by atoms with E-state index in [2.05, 4.69) is 36.6 Å². The second-order valence-corrected chi connectivity index (χ2v) is 3.58. The first-order chi connectivity index (χ1) is 7.71. The van der Waals surface area contributed by atoms with Crippen molar-refractivity contribution in [2.45, 2.75) is 20.5 Å². The maximum absolute atomic E-state index is 4.93. The zero-order valence-electron chi connectivity index (χ0n) is 10.1. The van der Waals surface area contributed by atoms with Crippen molar-refractivity contribution in [2.24, 2.45) is 0 Å². The highest BCUT2D eigenvalue weighted by Gasteiger charge is 2.01. The summed E-state index contributed by atoms with van der Waals surface area (Å²) in [6.07, 6.45) is 3.90. The molecule has 1 aromatic rings. The predicted octanol–water partition coefficient (Wildman–Crippen LogP) is 3.66. The molecule has 0 amide bonds. The summed E-state index contributed by atoms with van der Waals surface area (Å²) < 4.78 is 0. The molecule has 0 aromatic heterocycles. The van der Waals surface area contributed by atoms with Crippen LogP contribution in [0.1, 0.15) is 23.6 Å². The third-order valence-electron chi connectivity index (χ3n) is 2.34. The Kier molecular flexibility index (Phi) is 4.96. The lowest BCUT2D eigenvalue weighted by Crippen LogP contribution is -1.94. The van der Waals surface area contributed by atoms with Crippen molar-refractivity contribution < 1.29 is 9.78 Å². The van der Waals surface area contributed by atoms with Gasteiger partial charge in [-0.05, 0) is 36.6 Å². The summed E-state index contributed by atoms with van der Waals surface area (Å²) in [7, 11) is 1.51. The Hall–Kier alpha value is -1.38. The van der Waals surface area contributed by atoms with E-state index in [1.165, 1.54) is 12.7 Å². The average Bonchev–Trinajstić information content (AvgIpc) is 2.27. The van der Waals surface area contributed by atoms with Gasteiger partial charge in [0.1, 0.15) is 6.61 Å². The van der Waals surface area contributed by atoms with Crippen LogP contribution in [0.4, 0.5) is 0 Å². The van der Waals surface area contributed by atoms with Crippen molar-refractivity contribution >= 4 is 5.57 Å². The van der Waals surface area contributed by atoms with Gasteiger partial charge in [0.15, 0.2) is 0 Å². The van der Waals surface area contributed by atoms with E-state index < -0.39 is 0 Å². The van der Waals surface area contributed by atoms with Gasteiger partial charge in [0.25, 0.3) is 0 Å². The van der Waals surface area contributed by atoms with Gasteiger partial charge in [-0.15, -0.1) is 0 Å². The molecule has 0 N–H and O–H groups in total. The van der Waals surface area contributed by atoms with E-state index in [-0.39, 0.29) is 0 Å². The molecule has 86 valence electrons. The normalized spacial score (nSPS) is 11.6. The minimum absolute atomic E-state index is 0.458. The summed E-state index contributed by atoms with van der Waals surface area (Å²) in [5.74, 6) is 0. The van der Waals surface area contributed by atoms with E-state index in [0.29, 0.717) is 6.61 Å². The monoisotopic (exact) mass is 218 g/mol. The van der Waals surface area contributed by atoms with Crippen LogP contribution in [-0.2, 0) is 16.4 Å². The van der Waals surface area contributed by atoms with Gasteiger partial charge in [0.2, 0.25) is 0 Å². The zero-order valence-corrected chi connectivity index (χ0v) is 10.1. The van der Waals surface area contributed by atoms with Crippen molar-refractivity contribution in [3.05, 3.63) is 53.6 Å². The smallest absolute Gasteiger partial charge is 0.107 e. The molecule has 0 bridgehead atoms. The molecular weight excluding hydrogens is 200 g/mol. The Morgan fingerprint density at radius 3 is 2.69 bits per heavy atom. The number of benzene rings is 1. The van der Waals surface area contributed by atoms with Gasteiger partial charge in [-0.25, -0.2) is 9.78 Å². The Labute approximate surface area is 97.1 Å². The standard InChI is InChI=1S/C14H18O2/c1-5-13(6-2)14-8-11(3)7-12(9-14)10-16-15-4/h5-9H,1,10H2,2-4H3/b13-6+. The number of hydrogen-bond acceptors (Lipinski definition) is 2. The Morgan fingerprint density at radius 1 is 1.38 bits per heavy atom. The minimum atomic E-state index is 0.458. The van der Waals surface area contributed by atoms with Crippen LogP contribution in [0.15, 0.2) is 36.9 Å². The molecule has 0 fully saturated rings. The molecule has 0 aliphatic carbocycles. The van der Waals surface area contributed by atoms with Gasteiger partial charge in [0, 0.05) is 0 Å². The third kappa shape index (κ3) is 3.33. The predicted molar refractivity (Wildman–Crippen MR) is 66.8 cm³/mol. The molecule has 1 rings (SSSR count). The van der Waals surface area contributed by atoms with E-state index in [0.717, 1.165) is 16.7 Å². The first-order valence-corrected chi connectivity index (χ1v) is 5.26. The fourth-order valence-corrected chi connectivity index (χ4v) is 1.64. The van der Waals surface area contributed by atoms with Gasteiger partial charge in [0.05, 0.1) is 7.11 Å². The number of allylic oxidation sites excluding steroid dienone is 3. The van der Waals surface area contributed by atoms with Crippen LogP contribution in [-0.4, -0.2) is 7.11 Å². The number of aryl methyl sites for hydroxylation is 1. The van der Waals surface area contributed by atoms with Crippen LogP contribution in [0.25, 0.3) is 5.57 Å². The topological polar surface area (TPSA) is 18.5 Å². The molecule has 0 unspecified atom stereocenters. The van der Waals surface area contributed by atoms with Crippen LogP contribution >= 0.6 is 0 Å². The SMILES string of the molecule is C=C/C(=C\C)c1cc(C)cc(COOC)c1. The molecule has 0 radical (unpaired) electrons. The quantitative estimate of drug-likeness (QED) is 0.426. The molecule has 0 aliphatic heterocycles. The van der Waals surface area contributed by atoms with Gasteiger partial charge in [-0.2, -0.15) is 0 Å². The van der Waals surface area contributed by atoms with Crippen molar-refractivity contribution in [1.29, 1.82) is 0 Å². The molecule has 16 heavy (non-hydrogen) atoms. The largest absolute Gasteiger partial charge is 0.240 e. The molecule has 0 saturated carbocycles. The Balaban J connectivity index is 3.02. The Bertz CT molecular complexity index is 392. The van der Waals surface area contributed by atoms with Crippen molar-refractivity contribution in [3.63, 3.8) is 0 Å². The molecule has 0 saturated heterocycles. The lowest BCUT2D eigenvalue weighted by Gasteiger charge is -2.08. The van der Waals surface area contributed by atoms with Crippen molar-refractivity contribution in [3.8, 4) is 0 Å². The van der Waals surface area contributed by atoms with E-state index >= 15 is 0 Å². The number of rotatable bonds is 5. The molecule has 0 heterocycles. The van der Waals surface area contributed by atoms with Gasteiger partial charge >= 0.3 is 0 Å². The molecule has 0 atom stereocenters. The van der Waals surface area contributed by atoms with Crippen LogP contribution in [0.5, 0.6) is 0 Å². The maximum Gasteiger partial charge on any atom is 0.107 e. The van der Waals surface area contributed by atoms with E-state index in [9.17, 15) is 0 Å². The Morgan fingerprint density at radius 2 is 2.12 bits per heavy atom. The third-order valence-corrected chi connectivity index (χ3v) is 2.34. The molecule has 1 aromatic carbocycles. The van der Waals surface area contributed by atoms with Crippen LogP contribution in [0.2, 0.25) is 0 Å². The van der Waals surface area contributed by atoms with E-state index in [1.54, 1.807) is 0 Å². The van der Waals surface area contributed by atoms with Crippen LogP contribution in [0, 0.1) is 6.92 Å². The summed E-state index contributed by atoms with van der Waals surface area (Å²) >= 11 is 0. The molecular formula is C14H18O2. The fourth-order valence-electron chi connectivity index (χ4n) is 1.64. The molecule has 0 spiro atoms. The maximum atomic E-state index is 4.93. The summed E-state index contributed by atoms with van der Waals surface area (Å²) in [5, 5.41) is 0. The van der Waals surface area contributed by atoms with Crippen molar-refractivity contribution in [2.75, 3.05) is 7.11 Å². The lowest BCUT2D eigenvalue weighted by molar-refractivity contribution is -0.282. The average molecular weight is 218 g/mol. The van der Waals surface area contributed by atoms with Crippen molar-refractivity contribution in [1.82, 2.24) is 0 Å². The fraction of sp³-hybridized carbons (Fsp3) is 0.286. The van der Waals surface area contributed by atoms with Crippen LogP contribution < -0.4 is 0 Å². The zero-order chi connectivity index (χ0) is 12.0. The molecule has 2 heteroatoms.